The minimum Gasteiger partial charge on any atom is -0.462 e. The molecule has 0 aromatic rings. The van der Waals surface area contributed by atoms with Gasteiger partial charge in [0.2, 0.25) is 0 Å². The Bertz CT molecular complexity index is 1750. The van der Waals surface area contributed by atoms with Gasteiger partial charge in [0, 0.05) is 25.7 Å². The van der Waals surface area contributed by atoms with Gasteiger partial charge in [0.05, 0.1) is 26.4 Å². The van der Waals surface area contributed by atoms with Gasteiger partial charge in [0.1, 0.15) is 19.3 Å². The third kappa shape index (κ3) is 64.8. The summed E-state index contributed by atoms with van der Waals surface area (Å²) in [5, 5.41) is 10.6. The molecule has 2 unspecified atom stereocenters. The minimum atomic E-state index is -4.95. The summed E-state index contributed by atoms with van der Waals surface area (Å²) in [5.41, 5.74) is 0. The van der Waals surface area contributed by atoms with Crippen molar-refractivity contribution in [1.82, 2.24) is 0 Å². The van der Waals surface area contributed by atoms with E-state index in [0.717, 1.165) is 108 Å². The normalized spacial score (nSPS) is 14.1. The van der Waals surface area contributed by atoms with Gasteiger partial charge in [-0.05, 0) is 37.5 Å². The fourth-order valence-corrected chi connectivity index (χ4v) is 12.3. The molecule has 0 radical (unpaired) electrons. The largest absolute Gasteiger partial charge is 0.472 e. The van der Waals surface area contributed by atoms with E-state index in [0.29, 0.717) is 25.7 Å². The summed E-state index contributed by atoms with van der Waals surface area (Å²) < 4.78 is 68.1. The van der Waals surface area contributed by atoms with Crippen molar-refractivity contribution in [3.8, 4) is 0 Å². The van der Waals surface area contributed by atoms with Gasteiger partial charge in [-0.2, -0.15) is 0 Å². The van der Waals surface area contributed by atoms with Crippen molar-refractivity contribution in [3.05, 3.63) is 0 Å². The number of hydrogen-bond acceptors (Lipinski definition) is 15. The topological polar surface area (TPSA) is 237 Å². The molecule has 0 bridgehead atoms. The van der Waals surface area contributed by atoms with Gasteiger partial charge in [-0.1, -0.05) is 311 Å². The standard InChI is InChI=1S/C71H138O17P2/c1-7-9-11-13-14-15-31-37-43-49-55-70(75)87-66(59-81-68(73)53-47-39-12-10-8-2)61-85-89(77,78)83-57-65(72)58-84-90(79,80)86-62-67(60-82-69(74)54-48-42-36-32-27-24-20-22-26-30-35-41-46-52-64(5)6)88-71(76)56-50-44-38-33-28-23-19-17-16-18-21-25-29-34-40-45-51-63(3)4/h63-67,72H,7-62H2,1-6H3,(H,77,78)(H,79,80)/t65-,66+,67+/m0/s1. The summed E-state index contributed by atoms with van der Waals surface area (Å²) in [7, 11) is -9.89. The lowest BCUT2D eigenvalue weighted by Crippen LogP contribution is -2.30. The Morgan fingerprint density at radius 2 is 0.511 bits per heavy atom. The van der Waals surface area contributed by atoms with Crippen LogP contribution in [0.4, 0.5) is 0 Å². The van der Waals surface area contributed by atoms with Gasteiger partial charge >= 0.3 is 39.5 Å². The highest BCUT2D eigenvalue weighted by Gasteiger charge is 2.30. The number of phosphoric ester groups is 2. The zero-order valence-corrected chi connectivity index (χ0v) is 60.2. The monoisotopic (exact) mass is 1320 g/mol. The van der Waals surface area contributed by atoms with Gasteiger partial charge in [-0.3, -0.25) is 37.3 Å². The number of hydrogen-bond donors (Lipinski definition) is 3. The number of ether oxygens (including phenoxy) is 4. The van der Waals surface area contributed by atoms with Crippen molar-refractivity contribution in [3.63, 3.8) is 0 Å². The summed E-state index contributed by atoms with van der Waals surface area (Å²) in [6.45, 7) is 9.51. The molecule has 534 valence electrons. The van der Waals surface area contributed by atoms with Gasteiger partial charge in [0.15, 0.2) is 12.2 Å². The second-order valence-corrected chi connectivity index (χ2v) is 29.5. The van der Waals surface area contributed by atoms with E-state index in [1.165, 1.54) is 173 Å². The minimum absolute atomic E-state index is 0.105. The lowest BCUT2D eigenvalue weighted by atomic mass is 10.0. The Morgan fingerprint density at radius 3 is 0.756 bits per heavy atom. The average molecular weight is 1330 g/mol. The molecule has 0 aliphatic carbocycles. The molecule has 0 amide bonds. The fourth-order valence-electron chi connectivity index (χ4n) is 10.8. The quantitative estimate of drug-likeness (QED) is 0.0222. The molecule has 0 aliphatic rings. The van der Waals surface area contributed by atoms with Crippen molar-refractivity contribution in [2.75, 3.05) is 39.6 Å². The molecule has 0 aliphatic heterocycles. The summed E-state index contributed by atoms with van der Waals surface area (Å²) in [6, 6.07) is 0. The number of aliphatic hydroxyl groups is 1. The van der Waals surface area contributed by atoms with E-state index in [-0.39, 0.29) is 25.7 Å². The van der Waals surface area contributed by atoms with Crippen LogP contribution in [0.25, 0.3) is 0 Å². The van der Waals surface area contributed by atoms with E-state index < -0.39 is 97.5 Å². The van der Waals surface area contributed by atoms with E-state index >= 15 is 0 Å². The third-order valence-corrected chi connectivity index (χ3v) is 18.4. The molecule has 0 fully saturated rings. The second kappa shape index (κ2) is 63.1. The Kier molecular flexibility index (Phi) is 61.8. The molecule has 0 saturated heterocycles. The first-order valence-electron chi connectivity index (χ1n) is 37.0. The lowest BCUT2D eigenvalue weighted by Gasteiger charge is -2.21. The van der Waals surface area contributed by atoms with Crippen LogP contribution in [0.1, 0.15) is 363 Å². The average Bonchev–Trinajstić information content (AvgIpc) is 3.64. The molecule has 90 heavy (non-hydrogen) atoms. The third-order valence-electron chi connectivity index (χ3n) is 16.5. The number of aliphatic hydroxyl groups excluding tert-OH is 1. The number of phosphoric acid groups is 2. The van der Waals surface area contributed by atoms with Crippen LogP contribution in [-0.2, 0) is 65.4 Å². The Morgan fingerprint density at radius 1 is 0.300 bits per heavy atom. The molecule has 0 aromatic heterocycles. The zero-order valence-electron chi connectivity index (χ0n) is 58.4. The summed E-state index contributed by atoms with van der Waals surface area (Å²) in [6.07, 6.45) is 49.0. The number of rotatable bonds is 70. The first-order chi connectivity index (χ1) is 43.4. The Labute approximate surface area is 549 Å². The number of unbranched alkanes of at least 4 members (excludes halogenated alkanes) is 40. The molecule has 19 heteroatoms. The Balaban J connectivity index is 5.14. The maximum absolute atomic E-state index is 13.0. The van der Waals surface area contributed by atoms with Crippen molar-refractivity contribution in [1.29, 1.82) is 0 Å². The molecule has 0 aromatic carbocycles. The molecular weight excluding hydrogens is 1190 g/mol. The van der Waals surface area contributed by atoms with Crippen LogP contribution >= 0.6 is 15.6 Å². The molecule has 0 heterocycles. The highest BCUT2D eigenvalue weighted by molar-refractivity contribution is 7.47. The second-order valence-electron chi connectivity index (χ2n) is 26.6. The van der Waals surface area contributed by atoms with Crippen LogP contribution in [0.15, 0.2) is 0 Å². The van der Waals surface area contributed by atoms with Crippen molar-refractivity contribution >= 4 is 39.5 Å². The summed E-state index contributed by atoms with van der Waals surface area (Å²) >= 11 is 0. The van der Waals surface area contributed by atoms with Gasteiger partial charge in [-0.15, -0.1) is 0 Å². The van der Waals surface area contributed by atoms with Crippen LogP contribution in [0.5, 0.6) is 0 Å². The van der Waals surface area contributed by atoms with E-state index in [9.17, 15) is 43.2 Å². The lowest BCUT2D eigenvalue weighted by molar-refractivity contribution is -0.161. The zero-order chi connectivity index (χ0) is 66.5. The summed E-state index contributed by atoms with van der Waals surface area (Å²) in [4.78, 5) is 72.3. The molecular formula is C71H138O17P2. The maximum Gasteiger partial charge on any atom is 0.472 e. The molecule has 3 N–H and O–H groups in total. The predicted octanol–water partition coefficient (Wildman–Crippen LogP) is 20.4. The number of carbonyl (C=O) groups excluding carboxylic acids is 4. The van der Waals surface area contributed by atoms with Crippen molar-refractivity contribution in [2.24, 2.45) is 11.8 Å². The highest BCUT2D eigenvalue weighted by atomic mass is 31.2. The van der Waals surface area contributed by atoms with E-state index in [2.05, 4.69) is 41.5 Å². The number of esters is 4. The molecule has 0 spiro atoms. The van der Waals surface area contributed by atoms with Crippen LogP contribution in [0.2, 0.25) is 0 Å². The van der Waals surface area contributed by atoms with Crippen molar-refractivity contribution in [2.45, 2.75) is 381 Å². The molecule has 17 nitrogen and oxygen atoms in total. The van der Waals surface area contributed by atoms with Crippen LogP contribution in [0, 0.1) is 11.8 Å². The maximum atomic E-state index is 13.0. The smallest absolute Gasteiger partial charge is 0.462 e. The predicted molar refractivity (Wildman–Crippen MR) is 363 cm³/mol. The van der Waals surface area contributed by atoms with Gasteiger partial charge < -0.3 is 33.8 Å². The fraction of sp³-hybridized carbons (Fsp3) is 0.944. The number of carbonyl (C=O) groups is 4. The van der Waals surface area contributed by atoms with Crippen LogP contribution in [0.3, 0.4) is 0 Å². The van der Waals surface area contributed by atoms with Crippen molar-refractivity contribution < 1.29 is 80.2 Å². The van der Waals surface area contributed by atoms with Gasteiger partial charge in [0.25, 0.3) is 0 Å². The Hall–Kier alpha value is -1.94. The van der Waals surface area contributed by atoms with E-state index in [1.54, 1.807) is 0 Å². The molecule has 5 atom stereocenters. The summed E-state index contributed by atoms with van der Waals surface area (Å²) in [5.74, 6) is -0.534. The first kappa shape index (κ1) is 88.1. The van der Waals surface area contributed by atoms with E-state index in [1.807, 2.05) is 0 Å². The van der Waals surface area contributed by atoms with Crippen LogP contribution in [-0.4, -0.2) is 96.7 Å². The highest BCUT2D eigenvalue weighted by Crippen LogP contribution is 2.45. The first-order valence-corrected chi connectivity index (χ1v) is 40.0. The van der Waals surface area contributed by atoms with E-state index in [4.69, 9.17) is 37.0 Å². The molecule has 0 rings (SSSR count). The van der Waals surface area contributed by atoms with Gasteiger partial charge in [-0.25, -0.2) is 9.13 Å². The molecule has 0 saturated carbocycles. The van der Waals surface area contributed by atoms with Crippen LogP contribution < -0.4 is 0 Å². The SMILES string of the molecule is CCCCCCCCCCCCC(=O)O[C@H](COC(=O)CCCCCCC)COP(=O)(O)OC[C@H](O)COP(=O)(O)OC[C@@H](COC(=O)CCCCCCCCCCCCCCCC(C)C)OC(=O)CCCCCCCCCCCCCCCCCCC(C)C.